The molecule has 0 aliphatic rings. The molecule has 21 heavy (non-hydrogen) atoms. The van der Waals surface area contributed by atoms with Crippen LogP contribution in [0.15, 0.2) is 29.1 Å². The molecule has 6 nitrogen and oxygen atoms in total. The van der Waals surface area contributed by atoms with Crippen molar-refractivity contribution in [3.8, 4) is 6.07 Å². The molecule has 106 valence electrons. The summed E-state index contributed by atoms with van der Waals surface area (Å²) in [6, 6.07) is 7.69. The largest absolute Gasteiger partial charge is 0.343 e. The fraction of sp³-hybridized carbons (Fsp3) is 0.286. The van der Waals surface area contributed by atoms with Crippen molar-refractivity contribution in [1.82, 2.24) is 19.7 Å². The monoisotopic (exact) mass is 301 g/mol. The molecular weight excluding hydrogens is 290 g/mol. The van der Waals surface area contributed by atoms with Crippen LogP contribution in [-0.2, 0) is 13.0 Å². The number of alkyl halides is 1. The molecule has 0 fully saturated rings. The molecule has 0 spiro atoms. The number of aromatic nitrogens is 4. The first-order valence-corrected chi connectivity index (χ1v) is 6.93. The van der Waals surface area contributed by atoms with Crippen molar-refractivity contribution in [2.24, 2.45) is 0 Å². The van der Waals surface area contributed by atoms with Crippen molar-refractivity contribution < 1.29 is 4.52 Å². The number of nitriles is 1. The average molecular weight is 302 g/mol. The van der Waals surface area contributed by atoms with E-state index in [4.69, 9.17) is 16.1 Å². The minimum atomic E-state index is -0.255. The molecule has 0 radical (unpaired) electrons. The Bertz CT molecular complexity index is 801. The lowest BCUT2D eigenvalue weighted by Crippen LogP contribution is -2.07. The van der Waals surface area contributed by atoms with Gasteiger partial charge in [-0.1, -0.05) is 11.2 Å². The molecule has 3 rings (SSSR count). The lowest BCUT2D eigenvalue weighted by Gasteiger charge is -2.09. The average Bonchev–Trinajstić information content (AvgIpc) is 3.11. The van der Waals surface area contributed by atoms with Crippen LogP contribution in [0, 0.1) is 11.3 Å². The lowest BCUT2D eigenvalue weighted by molar-refractivity contribution is 0.408. The fourth-order valence-corrected chi connectivity index (χ4v) is 2.47. The topological polar surface area (TPSA) is 80.5 Å². The third kappa shape index (κ3) is 2.48. The van der Waals surface area contributed by atoms with Crippen molar-refractivity contribution in [3.63, 3.8) is 0 Å². The molecule has 2 heterocycles. The van der Waals surface area contributed by atoms with Crippen LogP contribution < -0.4 is 0 Å². The van der Waals surface area contributed by atoms with Crippen molar-refractivity contribution in [3.05, 3.63) is 41.8 Å². The number of para-hydroxylation sites is 1. The molecule has 2 aromatic heterocycles. The maximum atomic E-state index is 9.19. The highest BCUT2D eigenvalue weighted by Gasteiger charge is 2.17. The predicted octanol–water partition coefficient (Wildman–Crippen LogP) is 2.83. The first-order valence-electron chi connectivity index (χ1n) is 6.49. The van der Waals surface area contributed by atoms with Gasteiger partial charge in [0.25, 0.3) is 0 Å². The Kier molecular flexibility index (Phi) is 3.59. The maximum absolute atomic E-state index is 9.19. The molecule has 0 amide bonds. The number of nitrogens with zero attached hydrogens (tertiary/aromatic N) is 5. The fourth-order valence-electron chi connectivity index (χ4n) is 2.31. The molecule has 0 aliphatic heterocycles. The van der Waals surface area contributed by atoms with Gasteiger partial charge in [0.15, 0.2) is 5.82 Å². The second kappa shape index (κ2) is 5.54. The van der Waals surface area contributed by atoms with E-state index in [0.29, 0.717) is 29.9 Å². The van der Waals surface area contributed by atoms with E-state index in [1.165, 1.54) is 6.39 Å². The van der Waals surface area contributed by atoms with Gasteiger partial charge in [0.1, 0.15) is 17.4 Å². The van der Waals surface area contributed by atoms with Crippen LogP contribution in [0.1, 0.15) is 29.5 Å². The van der Waals surface area contributed by atoms with Gasteiger partial charge >= 0.3 is 0 Å². The summed E-state index contributed by atoms with van der Waals surface area (Å²) in [6.07, 6.45) is 1.91. The molecule has 1 aromatic carbocycles. The summed E-state index contributed by atoms with van der Waals surface area (Å²) in [6.45, 7) is 2.48. The third-order valence-corrected chi connectivity index (χ3v) is 3.45. The number of rotatable bonds is 4. The highest BCUT2D eigenvalue weighted by atomic mass is 35.5. The molecule has 0 bridgehead atoms. The highest BCUT2D eigenvalue weighted by Crippen LogP contribution is 2.26. The van der Waals surface area contributed by atoms with Gasteiger partial charge in [-0.15, -0.1) is 11.6 Å². The van der Waals surface area contributed by atoms with E-state index in [9.17, 15) is 5.26 Å². The van der Waals surface area contributed by atoms with E-state index in [2.05, 4.69) is 21.2 Å². The number of halogens is 1. The molecule has 0 saturated carbocycles. The van der Waals surface area contributed by atoms with Gasteiger partial charge in [-0.2, -0.15) is 10.2 Å². The molecule has 7 heteroatoms. The zero-order chi connectivity index (χ0) is 14.8. The minimum Gasteiger partial charge on any atom is -0.343 e. The summed E-state index contributed by atoms with van der Waals surface area (Å²) < 4.78 is 6.74. The standard InChI is InChI=1S/C14H12ClN5O/c1-9(15)14-18-13-10(7-16)3-2-4-11(13)20(14)6-5-12-17-8-21-19-12/h2-4,8-9H,5-6H2,1H3. The van der Waals surface area contributed by atoms with E-state index in [-0.39, 0.29) is 5.38 Å². The number of hydrogen-bond acceptors (Lipinski definition) is 5. The predicted molar refractivity (Wildman–Crippen MR) is 76.7 cm³/mol. The van der Waals surface area contributed by atoms with Crippen LogP contribution >= 0.6 is 11.6 Å². The second-order valence-electron chi connectivity index (χ2n) is 4.62. The Hall–Kier alpha value is -2.39. The lowest BCUT2D eigenvalue weighted by atomic mass is 10.2. The van der Waals surface area contributed by atoms with Crippen molar-refractivity contribution in [2.75, 3.05) is 0 Å². The molecule has 0 saturated heterocycles. The van der Waals surface area contributed by atoms with Crippen molar-refractivity contribution in [2.45, 2.75) is 25.3 Å². The number of imidazole rings is 1. The molecule has 0 N–H and O–H groups in total. The van der Waals surface area contributed by atoms with Crippen LogP contribution in [0.4, 0.5) is 0 Å². The summed E-state index contributed by atoms with van der Waals surface area (Å²) >= 11 is 6.22. The van der Waals surface area contributed by atoms with E-state index < -0.39 is 0 Å². The molecule has 3 aromatic rings. The van der Waals surface area contributed by atoms with Gasteiger partial charge in [0.2, 0.25) is 6.39 Å². The first kappa shape index (κ1) is 13.6. The highest BCUT2D eigenvalue weighted by molar-refractivity contribution is 6.20. The number of benzene rings is 1. The van der Waals surface area contributed by atoms with Gasteiger partial charge in [-0.25, -0.2) is 4.98 Å². The summed E-state index contributed by atoms with van der Waals surface area (Å²) in [5, 5.41) is 12.7. The molecular formula is C14H12ClN5O. The summed E-state index contributed by atoms with van der Waals surface area (Å²) in [5.74, 6) is 1.36. The van der Waals surface area contributed by atoms with Crippen LogP contribution in [0.25, 0.3) is 11.0 Å². The Morgan fingerprint density at radius 2 is 2.33 bits per heavy atom. The molecule has 1 atom stereocenters. The number of fused-ring (bicyclic) bond motifs is 1. The van der Waals surface area contributed by atoms with Crippen LogP contribution in [0.2, 0.25) is 0 Å². The van der Waals surface area contributed by atoms with Crippen LogP contribution in [0.3, 0.4) is 0 Å². The normalized spacial score (nSPS) is 12.4. The van der Waals surface area contributed by atoms with Gasteiger partial charge in [0, 0.05) is 13.0 Å². The van der Waals surface area contributed by atoms with Gasteiger partial charge in [-0.3, -0.25) is 0 Å². The maximum Gasteiger partial charge on any atom is 0.213 e. The SMILES string of the molecule is CC(Cl)c1nc2c(C#N)cccc2n1CCc1ncon1. The van der Waals surface area contributed by atoms with E-state index >= 15 is 0 Å². The van der Waals surface area contributed by atoms with E-state index in [1.54, 1.807) is 6.07 Å². The van der Waals surface area contributed by atoms with Crippen LogP contribution in [-0.4, -0.2) is 19.7 Å². The van der Waals surface area contributed by atoms with Gasteiger partial charge in [-0.05, 0) is 19.1 Å². The first-order chi connectivity index (χ1) is 10.2. The minimum absolute atomic E-state index is 0.255. The third-order valence-electron chi connectivity index (χ3n) is 3.25. The molecule has 0 aliphatic carbocycles. The van der Waals surface area contributed by atoms with E-state index in [1.807, 2.05) is 23.6 Å². The van der Waals surface area contributed by atoms with Gasteiger partial charge < -0.3 is 9.09 Å². The van der Waals surface area contributed by atoms with Crippen LogP contribution in [0.5, 0.6) is 0 Å². The number of hydrogen-bond donors (Lipinski definition) is 0. The summed E-state index contributed by atoms with van der Waals surface area (Å²) in [7, 11) is 0. The summed E-state index contributed by atoms with van der Waals surface area (Å²) in [5.41, 5.74) is 2.11. The zero-order valence-electron chi connectivity index (χ0n) is 11.3. The summed E-state index contributed by atoms with van der Waals surface area (Å²) in [4.78, 5) is 8.53. The van der Waals surface area contributed by atoms with Crippen molar-refractivity contribution >= 4 is 22.6 Å². The Morgan fingerprint density at radius 3 is 3.00 bits per heavy atom. The Morgan fingerprint density at radius 1 is 1.48 bits per heavy atom. The smallest absolute Gasteiger partial charge is 0.213 e. The Balaban J connectivity index is 2.06. The number of aryl methyl sites for hydroxylation is 2. The zero-order valence-corrected chi connectivity index (χ0v) is 12.1. The van der Waals surface area contributed by atoms with E-state index in [0.717, 1.165) is 11.3 Å². The van der Waals surface area contributed by atoms with Crippen molar-refractivity contribution in [1.29, 1.82) is 5.26 Å². The quantitative estimate of drug-likeness (QED) is 0.692. The Labute approximate surface area is 126 Å². The van der Waals surface area contributed by atoms with Gasteiger partial charge in [0.05, 0.1) is 16.5 Å². The molecule has 1 unspecified atom stereocenters. The second-order valence-corrected chi connectivity index (χ2v) is 5.27.